The Labute approximate surface area is 200 Å². The normalized spacial score (nSPS) is 11.6. The molecule has 160 valence electrons. The predicted molar refractivity (Wildman–Crippen MR) is 133 cm³/mol. The Morgan fingerprint density at radius 1 is 0.875 bits per heavy atom. The van der Waals surface area contributed by atoms with Gasteiger partial charge in [0, 0.05) is 26.0 Å². The van der Waals surface area contributed by atoms with Crippen molar-refractivity contribution in [1.29, 1.82) is 0 Å². The second-order valence-corrected chi connectivity index (χ2v) is 8.39. The largest absolute Gasteiger partial charge is 0.272 e. The van der Waals surface area contributed by atoms with Crippen molar-refractivity contribution in [2.75, 3.05) is 0 Å². The number of halogens is 3. The van der Waals surface area contributed by atoms with Crippen LogP contribution < -0.4 is 5.43 Å². The summed E-state index contributed by atoms with van der Waals surface area (Å²) in [4.78, 5) is 17.9. The maximum absolute atomic E-state index is 13.2. The van der Waals surface area contributed by atoms with Gasteiger partial charge in [-0.05, 0) is 60.5 Å². The Morgan fingerprint density at radius 3 is 2.16 bits per heavy atom. The second-order valence-electron chi connectivity index (χ2n) is 7.08. The molecule has 1 N–H and O–H groups in total. The van der Waals surface area contributed by atoms with Crippen LogP contribution in [0.15, 0.2) is 77.9 Å². The maximum atomic E-state index is 13.2. The van der Waals surface area contributed by atoms with Crippen LogP contribution in [0.3, 0.4) is 0 Å². The van der Waals surface area contributed by atoms with E-state index in [4.69, 9.17) is 39.8 Å². The number of hydrogen-bond acceptors (Lipinski definition) is 3. The number of pyridine rings is 1. The minimum atomic E-state index is -0.352. The van der Waals surface area contributed by atoms with E-state index in [2.05, 4.69) is 10.5 Å². The van der Waals surface area contributed by atoms with Gasteiger partial charge in [-0.1, -0.05) is 66.0 Å². The fraction of sp³-hybridized carbons (Fsp3) is 0.0800. The highest BCUT2D eigenvalue weighted by molar-refractivity contribution is 6.32. The number of carbonyl (C=O) groups excluding carboxylic acids is 1. The summed E-state index contributed by atoms with van der Waals surface area (Å²) < 4.78 is 0. The van der Waals surface area contributed by atoms with Gasteiger partial charge >= 0.3 is 0 Å². The Kier molecular flexibility index (Phi) is 6.75. The van der Waals surface area contributed by atoms with Gasteiger partial charge in [-0.15, -0.1) is 0 Å². The fourth-order valence-corrected chi connectivity index (χ4v) is 3.75. The number of benzene rings is 3. The lowest BCUT2D eigenvalue weighted by Crippen LogP contribution is -2.20. The van der Waals surface area contributed by atoms with Crippen molar-refractivity contribution >= 4 is 57.3 Å². The van der Waals surface area contributed by atoms with E-state index in [9.17, 15) is 4.79 Å². The quantitative estimate of drug-likeness (QED) is 0.238. The average molecular weight is 483 g/mol. The molecule has 1 aromatic heterocycles. The molecule has 4 aromatic rings. The Morgan fingerprint density at radius 2 is 1.50 bits per heavy atom. The molecular formula is C25H18Cl3N3O. The Bertz CT molecular complexity index is 1320. The first kappa shape index (κ1) is 22.3. The molecule has 0 atom stereocenters. The van der Waals surface area contributed by atoms with Gasteiger partial charge in [-0.2, -0.15) is 5.10 Å². The number of nitrogens with zero attached hydrogens (tertiary/aromatic N) is 2. The lowest BCUT2D eigenvalue weighted by Gasteiger charge is -2.10. The third kappa shape index (κ3) is 4.94. The summed E-state index contributed by atoms with van der Waals surface area (Å²) in [5.41, 5.74) is 6.90. The molecule has 1 heterocycles. The van der Waals surface area contributed by atoms with Gasteiger partial charge in [0.05, 0.1) is 22.5 Å². The minimum absolute atomic E-state index is 0.352. The van der Waals surface area contributed by atoms with E-state index < -0.39 is 0 Å². The highest BCUT2D eigenvalue weighted by Crippen LogP contribution is 2.28. The number of hydrazone groups is 1. The van der Waals surface area contributed by atoms with E-state index >= 15 is 0 Å². The van der Waals surface area contributed by atoms with Crippen molar-refractivity contribution in [1.82, 2.24) is 10.4 Å². The summed E-state index contributed by atoms with van der Waals surface area (Å²) in [6.07, 6.45) is 0.640. The van der Waals surface area contributed by atoms with Crippen LogP contribution in [0.5, 0.6) is 0 Å². The zero-order chi connectivity index (χ0) is 22.7. The van der Waals surface area contributed by atoms with Gasteiger partial charge in [0.1, 0.15) is 0 Å². The molecule has 0 unspecified atom stereocenters. The van der Waals surface area contributed by atoms with E-state index in [-0.39, 0.29) is 5.91 Å². The van der Waals surface area contributed by atoms with Crippen LogP contribution in [-0.2, 0) is 0 Å². The topological polar surface area (TPSA) is 54.4 Å². The zero-order valence-electron chi connectivity index (χ0n) is 17.1. The van der Waals surface area contributed by atoms with Crippen LogP contribution in [0, 0.1) is 0 Å². The van der Waals surface area contributed by atoms with Crippen LogP contribution in [0.1, 0.15) is 29.3 Å². The van der Waals surface area contributed by atoms with Crippen molar-refractivity contribution in [2.45, 2.75) is 13.3 Å². The summed E-state index contributed by atoms with van der Waals surface area (Å²) in [5.74, 6) is -0.352. The van der Waals surface area contributed by atoms with E-state index in [0.29, 0.717) is 43.6 Å². The first-order valence-corrected chi connectivity index (χ1v) is 11.1. The van der Waals surface area contributed by atoms with Gasteiger partial charge in [0.25, 0.3) is 5.91 Å². The van der Waals surface area contributed by atoms with Crippen LogP contribution in [-0.4, -0.2) is 16.6 Å². The lowest BCUT2D eigenvalue weighted by atomic mass is 10.0. The Hall–Kier alpha value is -2.92. The number of nitrogens with one attached hydrogen (secondary N) is 1. The van der Waals surface area contributed by atoms with Gasteiger partial charge in [-0.25, -0.2) is 10.4 Å². The number of carbonyl (C=O) groups is 1. The molecule has 0 radical (unpaired) electrons. The van der Waals surface area contributed by atoms with Crippen molar-refractivity contribution in [2.24, 2.45) is 5.10 Å². The van der Waals surface area contributed by atoms with E-state index in [1.807, 2.05) is 31.2 Å². The molecule has 0 aliphatic carbocycles. The van der Waals surface area contributed by atoms with E-state index in [0.717, 1.165) is 16.8 Å². The zero-order valence-corrected chi connectivity index (χ0v) is 19.3. The summed E-state index contributed by atoms with van der Waals surface area (Å²) >= 11 is 18.2. The molecule has 1 amide bonds. The number of fused-ring (bicyclic) bond motifs is 1. The van der Waals surface area contributed by atoms with Gasteiger partial charge in [0.2, 0.25) is 0 Å². The van der Waals surface area contributed by atoms with Crippen LogP contribution in [0.2, 0.25) is 15.1 Å². The molecular weight excluding hydrogens is 465 g/mol. The smallest absolute Gasteiger partial charge is 0.267 e. The molecule has 32 heavy (non-hydrogen) atoms. The van der Waals surface area contributed by atoms with E-state index in [1.54, 1.807) is 48.5 Å². The molecule has 7 heteroatoms. The Balaban J connectivity index is 1.74. The molecule has 0 spiro atoms. The SMILES string of the molecule is CC/C(=N/NC(=O)c1cc(-c2ccc(Cl)cc2)nc2ccc(Cl)cc12)c1ccc(Cl)cc1. The fourth-order valence-electron chi connectivity index (χ4n) is 3.32. The van der Waals surface area contributed by atoms with E-state index in [1.165, 1.54) is 0 Å². The standard InChI is InChI=1S/C25H18Cl3N3O/c1-2-22(15-3-7-17(26)8-4-15)30-31-25(32)21-14-24(16-5-9-18(27)10-6-16)29-23-12-11-19(28)13-20(21)23/h3-14H,2H2,1H3,(H,31,32)/b30-22-. The highest BCUT2D eigenvalue weighted by Gasteiger charge is 2.15. The summed E-state index contributed by atoms with van der Waals surface area (Å²) in [7, 11) is 0. The lowest BCUT2D eigenvalue weighted by molar-refractivity contribution is 0.0956. The van der Waals surface area contributed by atoms with Gasteiger partial charge < -0.3 is 0 Å². The van der Waals surface area contributed by atoms with Crippen LogP contribution in [0.25, 0.3) is 22.2 Å². The molecule has 0 saturated heterocycles. The average Bonchev–Trinajstić information content (AvgIpc) is 2.80. The van der Waals surface area contributed by atoms with Crippen LogP contribution in [0.4, 0.5) is 0 Å². The first-order chi connectivity index (χ1) is 15.4. The number of amides is 1. The van der Waals surface area contributed by atoms with Crippen molar-refractivity contribution in [3.8, 4) is 11.3 Å². The van der Waals surface area contributed by atoms with Gasteiger partial charge in [0.15, 0.2) is 0 Å². The summed E-state index contributed by atoms with van der Waals surface area (Å²) in [6, 6.07) is 21.6. The third-order valence-corrected chi connectivity index (χ3v) is 5.70. The number of rotatable bonds is 5. The maximum Gasteiger partial charge on any atom is 0.272 e. The van der Waals surface area contributed by atoms with Gasteiger partial charge in [-0.3, -0.25) is 4.79 Å². The van der Waals surface area contributed by atoms with Crippen molar-refractivity contribution in [3.05, 3.63) is 99.0 Å². The van der Waals surface area contributed by atoms with Crippen molar-refractivity contribution < 1.29 is 4.79 Å². The molecule has 0 aliphatic heterocycles. The monoisotopic (exact) mass is 481 g/mol. The summed E-state index contributed by atoms with van der Waals surface area (Å²) in [5, 5.41) is 6.80. The van der Waals surface area contributed by atoms with Crippen LogP contribution >= 0.6 is 34.8 Å². The number of hydrogen-bond donors (Lipinski definition) is 1. The molecule has 0 aliphatic rings. The third-order valence-electron chi connectivity index (χ3n) is 4.96. The van der Waals surface area contributed by atoms with Crippen molar-refractivity contribution in [3.63, 3.8) is 0 Å². The minimum Gasteiger partial charge on any atom is -0.267 e. The molecule has 4 rings (SSSR count). The number of aromatic nitrogens is 1. The second kappa shape index (κ2) is 9.70. The molecule has 3 aromatic carbocycles. The molecule has 0 bridgehead atoms. The predicted octanol–water partition coefficient (Wildman–Crippen LogP) is 7.41. The molecule has 0 saturated carbocycles. The molecule has 0 fully saturated rings. The highest BCUT2D eigenvalue weighted by atomic mass is 35.5. The molecule has 4 nitrogen and oxygen atoms in total. The summed E-state index contributed by atoms with van der Waals surface area (Å²) in [6.45, 7) is 1.97. The first-order valence-electron chi connectivity index (χ1n) is 9.93.